The lowest BCUT2D eigenvalue weighted by Gasteiger charge is -1.95. The van der Waals surface area contributed by atoms with Crippen molar-refractivity contribution in [3.63, 3.8) is 0 Å². The largest absolute Gasteiger partial charge is 0.507 e. The maximum absolute atomic E-state index is 10.7. The van der Waals surface area contributed by atoms with Gasteiger partial charge in [-0.05, 0) is 29.8 Å². The first-order valence-corrected chi connectivity index (χ1v) is 5.84. The maximum atomic E-state index is 10.7. The van der Waals surface area contributed by atoms with Crippen LogP contribution in [-0.4, -0.2) is 28.6 Å². The Balaban J connectivity index is 2.03. The molecule has 2 N–H and O–H groups in total. The van der Waals surface area contributed by atoms with Crippen molar-refractivity contribution in [1.82, 2.24) is 0 Å². The van der Waals surface area contributed by atoms with Crippen molar-refractivity contribution in [1.29, 1.82) is 0 Å². The molecular formula is C15H12N2O3. The van der Waals surface area contributed by atoms with Gasteiger partial charge >= 0.3 is 5.97 Å². The van der Waals surface area contributed by atoms with E-state index in [-0.39, 0.29) is 11.3 Å². The fraction of sp³-hybridized carbons (Fsp3) is 0. The van der Waals surface area contributed by atoms with Crippen LogP contribution in [0.15, 0.2) is 58.7 Å². The third-order valence-electron chi connectivity index (χ3n) is 2.56. The first-order chi connectivity index (χ1) is 9.66. The number of rotatable bonds is 4. The van der Waals surface area contributed by atoms with E-state index in [4.69, 9.17) is 5.11 Å². The molecule has 0 fully saturated rings. The summed E-state index contributed by atoms with van der Waals surface area (Å²) in [5.74, 6) is -0.830. The zero-order valence-corrected chi connectivity index (χ0v) is 10.5. The second kappa shape index (κ2) is 6.29. The van der Waals surface area contributed by atoms with Gasteiger partial charge in [-0.3, -0.25) is 0 Å². The summed E-state index contributed by atoms with van der Waals surface area (Å²) in [6.07, 6.45) is 2.94. The van der Waals surface area contributed by atoms with Crippen LogP contribution >= 0.6 is 0 Å². The van der Waals surface area contributed by atoms with Gasteiger partial charge in [-0.2, -0.15) is 10.2 Å². The summed E-state index contributed by atoms with van der Waals surface area (Å²) in [4.78, 5) is 10.7. The number of aromatic carboxylic acids is 1. The van der Waals surface area contributed by atoms with Gasteiger partial charge in [0, 0.05) is 5.56 Å². The standard InChI is InChI=1S/C15H12N2O3/c18-14-4-2-1-3-13(14)10-17-16-9-11-5-7-12(8-6-11)15(19)20/h1-10,18H,(H,19,20)/b16-9+,17-10-. The van der Waals surface area contributed by atoms with Crippen molar-refractivity contribution in [2.24, 2.45) is 10.2 Å². The molecule has 0 saturated carbocycles. The molecule has 0 bridgehead atoms. The Morgan fingerprint density at radius 1 is 0.950 bits per heavy atom. The molecule has 0 radical (unpaired) electrons. The van der Waals surface area contributed by atoms with E-state index in [9.17, 15) is 9.90 Å². The number of phenolic OH excluding ortho intramolecular Hbond substituents is 1. The van der Waals surface area contributed by atoms with E-state index in [1.165, 1.54) is 24.6 Å². The lowest BCUT2D eigenvalue weighted by atomic mass is 10.1. The summed E-state index contributed by atoms with van der Waals surface area (Å²) in [6.45, 7) is 0. The second-order valence-electron chi connectivity index (χ2n) is 3.98. The quantitative estimate of drug-likeness (QED) is 0.660. The molecule has 5 nitrogen and oxygen atoms in total. The molecule has 0 aliphatic carbocycles. The second-order valence-corrected chi connectivity index (χ2v) is 3.98. The van der Waals surface area contributed by atoms with Crippen LogP contribution in [0.1, 0.15) is 21.5 Å². The van der Waals surface area contributed by atoms with Gasteiger partial charge in [0.1, 0.15) is 5.75 Å². The van der Waals surface area contributed by atoms with Crippen LogP contribution < -0.4 is 0 Å². The van der Waals surface area contributed by atoms with Crippen LogP contribution in [0.3, 0.4) is 0 Å². The molecule has 0 saturated heterocycles. The molecule has 0 aliphatic heterocycles. The van der Waals surface area contributed by atoms with Crippen LogP contribution in [0.4, 0.5) is 0 Å². The Kier molecular flexibility index (Phi) is 4.24. The number of carbonyl (C=O) groups is 1. The zero-order chi connectivity index (χ0) is 14.4. The van der Waals surface area contributed by atoms with Gasteiger partial charge in [0.2, 0.25) is 0 Å². The molecule has 2 aromatic carbocycles. The molecule has 0 atom stereocenters. The molecule has 0 spiro atoms. The van der Waals surface area contributed by atoms with E-state index in [1.807, 2.05) is 0 Å². The van der Waals surface area contributed by atoms with Gasteiger partial charge in [-0.1, -0.05) is 24.3 Å². The van der Waals surface area contributed by atoms with E-state index in [0.29, 0.717) is 5.56 Å². The molecule has 2 rings (SSSR count). The third kappa shape index (κ3) is 3.52. The van der Waals surface area contributed by atoms with E-state index in [2.05, 4.69) is 10.2 Å². The molecule has 0 aromatic heterocycles. The summed E-state index contributed by atoms with van der Waals surface area (Å²) in [5.41, 5.74) is 1.54. The Labute approximate surface area is 115 Å². The molecule has 20 heavy (non-hydrogen) atoms. The van der Waals surface area contributed by atoms with Gasteiger partial charge in [0.15, 0.2) is 0 Å². The Bertz CT molecular complexity index is 661. The predicted octanol–water partition coefficient (Wildman–Crippen LogP) is 2.54. The van der Waals surface area contributed by atoms with Gasteiger partial charge in [0.05, 0.1) is 18.0 Å². The number of hydrogen-bond acceptors (Lipinski definition) is 4. The molecule has 2 aromatic rings. The third-order valence-corrected chi connectivity index (χ3v) is 2.56. The van der Waals surface area contributed by atoms with Crippen molar-refractivity contribution < 1.29 is 15.0 Å². The van der Waals surface area contributed by atoms with E-state index in [0.717, 1.165) is 5.56 Å². The smallest absolute Gasteiger partial charge is 0.335 e. The Morgan fingerprint density at radius 3 is 2.25 bits per heavy atom. The topological polar surface area (TPSA) is 82.2 Å². The molecule has 5 heteroatoms. The number of phenols is 1. The number of benzene rings is 2. The first kappa shape index (κ1) is 13.5. The zero-order valence-electron chi connectivity index (χ0n) is 10.5. The lowest BCUT2D eigenvalue weighted by Crippen LogP contribution is -1.95. The van der Waals surface area contributed by atoms with Crippen LogP contribution in [0.2, 0.25) is 0 Å². The SMILES string of the molecule is O=C(O)c1ccc(/C=N/N=C\c2ccccc2O)cc1. The normalized spacial score (nSPS) is 11.2. The average molecular weight is 268 g/mol. The van der Waals surface area contributed by atoms with Gasteiger partial charge in [-0.25, -0.2) is 4.79 Å². The minimum Gasteiger partial charge on any atom is -0.507 e. The van der Waals surface area contributed by atoms with Gasteiger partial charge in [0.25, 0.3) is 0 Å². The highest BCUT2D eigenvalue weighted by atomic mass is 16.4. The van der Waals surface area contributed by atoms with Gasteiger partial charge < -0.3 is 10.2 Å². The Hall–Kier alpha value is -2.95. The van der Waals surface area contributed by atoms with E-state index in [1.54, 1.807) is 36.4 Å². The van der Waals surface area contributed by atoms with Crippen molar-refractivity contribution in [2.75, 3.05) is 0 Å². The van der Waals surface area contributed by atoms with Crippen LogP contribution in [0, 0.1) is 0 Å². The summed E-state index contributed by atoms with van der Waals surface area (Å²) in [5, 5.41) is 25.9. The number of nitrogens with zero attached hydrogens (tertiary/aromatic N) is 2. The number of carboxylic acid groups (broad SMARTS) is 1. The summed E-state index contributed by atoms with van der Waals surface area (Å²) >= 11 is 0. The number of para-hydroxylation sites is 1. The number of aromatic hydroxyl groups is 1. The molecule has 0 unspecified atom stereocenters. The molecule has 0 aliphatic rings. The van der Waals surface area contributed by atoms with Crippen molar-refractivity contribution >= 4 is 18.4 Å². The highest BCUT2D eigenvalue weighted by molar-refractivity contribution is 5.89. The summed E-state index contributed by atoms with van der Waals surface area (Å²) < 4.78 is 0. The maximum Gasteiger partial charge on any atom is 0.335 e. The van der Waals surface area contributed by atoms with Crippen molar-refractivity contribution in [2.45, 2.75) is 0 Å². The fourth-order valence-corrected chi connectivity index (χ4v) is 1.50. The van der Waals surface area contributed by atoms with E-state index >= 15 is 0 Å². The number of carboxylic acids is 1. The number of hydrogen-bond donors (Lipinski definition) is 2. The highest BCUT2D eigenvalue weighted by Crippen LogP contribution is 2.12. The predicted molar refractivity (Wildman–Crippen MR) is 76.7 cm³/mol. The Morgan fingerprint density at radius 2 is 1.60 bits per heavy atom. The molecule has 0 heterocycles. The summed E-state index contributed by atoms with van der Waals surface area (Å²) in [6, 6.07) is 13.1. The van der Waals surface area contributed by atoms with Crippen LogP contribution in [0.25, 0.3) is 0 Å². The van der Waals surface area contributed by atoms with Crippen LogP contribution in [0.5, 0.6) is 5.75 Å². The monoisotopic (exact) mass is 268 g/mol. The molecular weight excluding hydrogens is 256 g/mol. The first-order valence-electron chi connectivity index (χ1n) is 5.84. The highest BCUT2D eigenvalue weighted by Gasteiger charge is 2.00. The van der Waals surface area contributed by atoms with Crippen molar-refractivity contribution in [3.8, 4) is 5.75 Å². The van der Waals surface area contributed by atoms with E-state index < -0.39 is 5.97 Å². The fourth-order valence-electron chi connectivity index (χ4n) is 1.50. The average Bonchev–Trinajstić information content (AvgIpc) is 2.46. The van der Waals surface area contributed by atoms with Crippen molar-refractivity contribution in [3.05, 3.63) is 65.2 Å². The minimum atomic E-state index is -0.967. The lowest BCUT2D eigenvalue weighted by molar-refractivity contribution is 0.0697. The van der Waals surface area contributed by atoms with Gasteiger partial charge in [-0.15, -0.1) is 0 Å². The summed E-state index contributed by atoms with van der Waals surface area (Å²) in [7, 11) is 0. The van der Waals surface area contributed by atoms with Crippen LogP contribution in [-0.2, 0) is 0 Å². The molecule has 100 valence electrons. The minimum absolute atomic E-state index is 0.136. The molecule has 0 amide bonds.